The fourth-order valence-electron chi connectivity index (χ4n) is 1.45. The highest BCUT2D eigenvalue weighted by molar-refractivity contribution is 5.89. The maximum absolute atomic E-state index is 11.7. The third-order valence-corrected chi connectivity index (χ3v) is 2.49. The predicted molar refractivity (Wildman–Crippen MR) is 63.9 cm³/mol. The Bertz CT molecular complexity index is 358. The number of hydrogen-bond donors (Lipinski definition) is 2. The van der Waals surface area contributed by atoms with Gasteiger partial charge in [0.1, 0.15) is 11.9 Å². The molecule has 0 spiro atoms. The van der Waals surface area contributed by atoms with Gasteiger partial charge in [-0.2, -0.15) is 0 Å². The minimum absolute atomic E-state index is 0.107. The summed E-state index contributed by atoms with van der Waals surface area (Å²) in [5.74, 6) is -0.336. The summed E-state index contributed by atoms with van der Waals surface area (Å²) in [6.07, 6.45) is 0.297. The molecule has 2 atom stereocenters. The first kappa shape index (κ1) is 13.5. The first-order valence-corrected chi connectivity index (χ1v) is 5.71. The van der Waals surface area contributed by atoms with Crippen molar-refractivity contribution in [2.24, 2.45) is 0 Å². The normalized spacial score (nSPS) is 14.1. The number of carbonyl (C=O) groups excluding carboxylic acids is 1. The number of aliphatic hydroxyl groups excluding tert-OH is 1. The summed E-state index contributed by atoms with van der Waals surface area (Å²) in [6, 6.07) is 5.87. The highest BCUT2D eigenvalue weighted by atomic mass is 16.5. The number of benzene rings is 1. The summed E-state index contributed by atoms with van der Waals surface area (Å²) in [7, 11) is 0. The van der Waals surface area contributed by atoms with E-state index in [1.54, 1.807) is 6.92 Å². The highest BCUT2D eigenvalue weighted by Crippen LogP contribution is 2.13. The van der Waals surface area contributed by atoms with Crippen molar-refractivity contribution in [1.82, 2.24) is 0 Å². The molecule has 0 heterocycles. The van der Waals surface area contributed by atoms with Crippen LogP contribution in [0.4, 0.5) is 0 Å². The van der Waals surface area contributed by atoms with E-state index in [-0.39, 0.29) is 11.9 Å². The lowest BCUT2D eigenvalue weighted by Crippen LogP contribution is -2.20. The lowest BCUT2D eigenvalue weighted by molar-refractivity contribution is 0.0197. The first-order chi connectivity index (χ1) is 8.02. The molecular formula is C13H18O4. The molecule has 94 valence electrons. The Morgan fingerprint density at radius 1 is 1.35 bits per heavy atom. The van der Waals surface area contributed by atoms with Gasteiger partial charge in [-0.25, -0.2) is 4.79 Å². The van der Waals surface area contributed by atoms with E-state index in [1.807, 2.05) is 6.92 Å². The second-order valence-electron chi connectivity index (χ2n) is 4.06. The topological polar surface area (TPSA) is 66.8 Å². The molecule has 1 rings (SSSR count). The molecule has 0 aliphatic carbocycles. The van der Waals surface area contributed by atoms with Gasteiger partial charge in [0.15, 0.2) is 0 Å². The molecule has 17 heavy (non-hydrogen) atoms. The van der Waals surface area contributed by atoms with E-state index in [0.29, 0.717) is 18.4 Å². The number of phenols is 1. The average Bonchev–Trinajstić information content (AvgIpc) is 2.29. The van der Waals surface area contributed by atoms with E-state index in [4.69, 9.17) is 9.84 Å². The number of aliphatic hydroxyl groups is 1. The van der Waals surface area contributed by atoms with Gasteiger partial charge in [-0.05, 0) is 37.6 Å². The molecule has 2 unspecified atom stereocenters. The van der Waals surface area contributed by atoms with Crippen molar-refractivity contribution in [2.45, 2.75) is 38.9 Å². The van der Waals surface area contributed by atoms with E-state index >= 15 is 0 Å². The van der Waals surface area contributed by atoms with E-state index < -0.39 is 12.1 Å². The Morgan fingerprint density at radius 2 is 1.94 bits per heavy atom. The molecule has 1 aromatic carbocycles. The lowest BCUT2D eigenvalue weighted by atomic mass is 10.1. The number of phenolic OH excluding ortho intramolecular Hbond substituents is 1. The van der Waals surface area contributed by atoms with Crippen LogP contribution in [0.5, 0.6) is 5.75 Å². The van der Waals surface area contributed by atoms with Crippen LogP contribution in [-0.2, 0) is 4.74 Å². The Kier molecular flexibility index (Phi) is 4.97. The molecule has 4 heteroatoms. The quantitative estimate of drug-likeness (QED) is 0.771. The molecule has 4 nitrogen and oxygen atoms in total. The number of rotatable bonds is 5. The molecule has 0 saturated heterocycles. The van der Waals surface area contributed by atoms with Crippen molar-refractivity contribution >= 4 is 5.97 Å². The predicted octanol–water partition coefficient (Wildman–Crippen LogP) is 2.10. The fourth-order valence-corrected chi connectivity index (χ4v) is 1.45. The van der Waals surface area contributed by atoms with Gasteiger partial charge in [0.05, 0.1) is 11.7 Å². The van der Waals surface area contributed by atoms with Gasteiger partial charge in [0.25, 0.3) is 0 Å². The number of esters is 1. The Hall–Kier alpha value is -1.55. The molecule has 1 aromatic rings. The number of ether oxygens (including phenoxy) is 1. The molecular weight excluding hydrogens is 220 g/mol. The second kappa shape index (κ2) is 6.25. The second-order valence-corrected chi connectivity index (χ2v) is 4.06. The standard InChI is InChI=1S/C13H18O4/c1-3-11(14)8-9(2)17-13(16)10-4-6-12(15)7-5-10/h4-7,9,11,14-15H,3,8H2,1-2H3. The van der Waals surface area contributed by atoms with Crippen LogP contribution >= 0.6 is 0 Å². The Morgan fingerprint density at radius 3 is 2.47 bits per heavy atom. The van der Waals surface area contributed by atoms with E-state index in [2.05, 4.69) is 0 Å². The zero-order valence-electron chi connectivity index (χ0n) is 10.1. The monoisotopic (exact) mass is 238 g/mol. The zero-order chi connectivity index (χ0) is 12.8. The van der Waals surface area contributed by atoms with Crippen LogP contribution in [0.1, 0.15) is 37.0 Å². The number of carbonyl (C=O) groups is 1. The van der Waals surface area contributed by atoms with Crippen LogP contribution in [-0.4, -0.2) is 28.4 Å². The van der Waals surface area contributed by atoms with Crippen molar-refractivity contribution in [3.63, 3.8) is 0 Å². The summed E-state index contributed by atoms with van der Waals surface area (Å²) >= 11 is 0. The van der Waals surface area contributed by atoms with Crippen LogP contribution in [0, 0.1) is 0 Å². The van der Waals surface area contributed by atoms with Crippen molar-refractivity contribution in [2.75, 3.05) is 0 Å². The maximum atomic E-state index is 11.7. The molecule has 0 aromatic heterocycles. The SMILES string of the molecule is CCC(O)CC(C)OC(=O)c1ccc(O)cc1. The van der Waals surface area contributed by atoms with Crippen molar-refractivity contribution in [3.05, 3.63) is 29.8 Å². The molecule has 0 radical (unpaired) electrons. The van der Waals surface area contributed by atoms with Gasteiger partial charge in [-0.3, -0.25) is 0 Å². The highest BCUT2D eigenvalue weighted by Gasteiger charge is 2.14. The van der Waals surface area contributed by atoms with Crippen LogP contribution in [0.3, 0.4) is 0 Å². The average molecular weight is 238 g/mol. The molecule has 0 aliphatic heterocycles. The third-order valence-electron chi connectivity index (χ3n) is 2.49. The van der Waals surface area contributed by atoms with Gasteiger partial charge in [0, 0.05) is 6.42 Å². The van der Waals surface area contributed by atoms with Crippen molar-refractivity contribution in [1.29, 1.82) is 0 Å². The van der Waals surface area contributed by atoms with Crippen molar-refractivity contribution in [3.8, 4) is 5.75 Å². The van der Waals surface area contributed by atoms with Gasteiger partial charge < -0.3 is 14.9 Å². The van der Waals surface area contributed by atoms with E-state index in [1.165, 1.54) is 24.3 Å². The Balaban J connectivity index is 2.51. The molecule has 2 N–H and O–H groups in total. The third kappa shape index (κ3) is 4.44. The summed E-state index contributed by atoms with van der Waals surface area (Å²) < 4.78 is 5.17. The summed E-state index contributed by atoms with van der Waals surface area (Å²) in [6.45, 7) is 3.62. The first-order valence-electron chi connectivity index (χ1n) is 5.71. The fraction of sp³-hybridized carbons (Fsp3) is 0.462. The Labute approximate surface area is 101 Å². The smallest absolute Gasteiger partial charge is 0.338 e. The minimum atomic E-state index is -0.447. The van der Waals surface area contributed by atoms with Crippen LogP contribution in [0.15, 0.2) is 24.3 Å². The summed E-state index contributed by atoms with van der Waals surface area (Å²) in [4.78, 5) is 11.7. The number of aromatic hydroxyl groups is 1. The summed E-state index contributed by atoms with van der Waals surface area (Å²) in [5.41, 5.74) is 0.389. The lowest BCUT2D eigenvalue weighted by Gasteiger charge is -2.16. The van der Waals surface area contributed by atoms with Crippen LogP contribution < -0.4 is 0 Å². The van der Waals surface area contributed by atoms with Gasteiger partial charge in [-0.15, -0.1) is 0 Å². The van der Waals surface area contributed by atoms with E-state index in [0.717, 1.165) is 0 Å². The van der Waals surface area contributed by atoms with E-state index in [9.17, 15) is 9.90 Å². The summed E-state index contributed by atoms with van der Waals surface area (Å²) in [5, 5.41) is 18.5. The molecule has 0 fully saturated rings. The van der Waals surface area contributed by atoms with Crippen LogP contribution in [0.25, 0.3) is 0 Å². The molecule has 0 bridgehead atoms. The zero-order valence-corrected chi connectivity index (χ0v) is 10.1. The number of hydrogen-bond acceptors (Lipinski definition) is 4. The van der Waals surface area contributed by atoms with Gasteiger partial charge >= 0.3 is 5.97 Å². The minimum Gasteiger partial charge on any atom is -0.508 e. The largest absolute Gasteiger partial charge is 0.508 e. The molecule has 0 saturated carbocycles. The van der Waals surface area contributed by atoms with Gasteiger partial charge in [0.2, 0.25) is 0 Å². The maximum Gasteiger partial charge on any atom is 0.338 e. The molecule has 0 aliphatic rings. The van der Waals surface area contributed by atoms with Gasteiger partial charge in [-0.1, -0.05) is 6.92 Å². The van der Waals surface area contributed by atoms with Crippen LogP contribution in [0.2, 0.25) is 0 Å². The van der Waals surface area contributed by atoms with Crippen molar-refractivity contribution < 1.29 is 19.7 Å². The molecule has 0 amide bonds.